The zero-order valence-electron chi connectivity index (χ0n) is 18.2. The molecule has 1 aliphatic rings. The van der Waals surface area contributed by atoms with Crippen molar-refractivity contribution in [2.75, 3.05) is 43.1 Å². The molecule has 1 amide bonds. The van der Waals surface area contributed by atoms with E-state index >= 15 is 0 Å². The third-order valence-electron chi connectivity index (χ3n) is 5.37. The molecule has 168 valence electrons. The number of amides is 1. The molecule has 31 heavy (non-hydrogen) atoms. The Hall–Kier alpha value is -2.06. The fraction of sp³-hybridized carbons (Fsp3) is 0.435. The molecule has 5 nitrogen and oxygen atoms in total. The van der Waals surface area contributed by atoms with Crippen molar-refractivity contribution < 1.29 is 17.6 Å². The quantitative estimate of drug-likeness (QED) is 0.573. The van der Waals surface area contributed by atoms with Crippen LogP contribution < -0.4 is 4.90 Å². The molecule has 1 fully saturated rings. The van der Waals surface area contributed by atoms with E-state index in [1.807, 2.05) is 21.9 Å². The number of aryl methyl sites for hydroxylation is 1. The SMILES string of the molecule is CCCc1ccc(SCC)c(C(=O)N2CCN(c3ccc(S(C)(=O)=O)cc3F)CC2)c1. The fourth-order valence-electron chi connectivity index (χ4n) is 3.77. The zero-order valence-corrected chi connectivity index (χ0v) is 19.9. The summed E-state index contributed by atoms with van der Waals surface area (Å²) in [6.45, 7) is 6.15. The largest absolute Gasteiger partial charge is 0.366 e. The number of anilines is 1. The van der Waals surface area contributed by atoms with Crippen molar-refractivity contribution >= 4 is 33.2 Å². The maximum atomic E-state index is 14.6. The molecule has 0 unspecified atom stereocenters. The summed E-state index contributed by atoms with van der Waals surface area (Å²) in [6.07, 6.45) is 3.02. The van der Waals surface area contributed by atoms with E-state index in [0.29, 0.717) is 31.9 Å². The predicted molar refractivity (Wildman–Crippen MR) is 124 cm³/mol. The van der Waals surface area contributed by atoms with Gasteiger partial charge in [0.2, 0.25) is 0 Å². The molecule has 3 rings (SSSR count). The van der Waals surface area contributed by atoms with Crippen LogP contribution in [-0.4, -0.2) is 57.4 Å². The van der Waals surface area contributed by atoms with Gasteiger partial charge in [0.1, 0.15) is 5.82 Å². The number of rotatable bonds is 7. The van der Waals surface area contributed by atoms with Crippen molar-refractivity contribution in [2.45, 2.75) is 36.5 Å². The summed E-state index contributed by atoms with van der Waals surface area (Å²) in [4.78, 5) is 17.9. The third kappa shape index (κ3) is 5.60. The molecular formula is C23H29FN2O3S2. The van der Waals surface area contributed by atoms with Crippen molar-refractivity contribution in [3.05, 3.63) is 53.3 Å². The van der Waals surface area contributed by atoms with E-state index in [1.165, 1.54) is 12.1 Å². The Balaban J connectivity index is 1.74. The summed E-state index contributed by atoms with van der Waals surface area (Å²) in [7, 11) is -3.45. The highest BCUT2D eigenvalue weighted by atomic mass is 32.2. The molecule has 0 radical (unpaired) electrons. The van der Waals surface area contributed by atoms with Gasteiger partial charge in [0.05, 0.1) is 16.1 Å². The summed E-state index contributed by atoms with van der Waals surface area (Å²) in [5.41, 5.74) is 2.28. The molecule has 0 aliphatic carbocycles. The Morgan fingerprint density at radius 1 is 1.06 bits per heavy atom. The van der Waals surface area contributed by atoms with E-state index < -0.39 is 15.7 Å². The van der Waals surface area contributed by atoms with E-state index in [2.05, 4.69) is 19.9 Å². The van der Waals surface area contributed by atoms with Gasteiger partial charge in [0, 0.05) is 37.3 Å². The minimum atomic E-state index is -3.45. The van der Waals surface area contributed by atoms with Crippen LogP contribution in [0.5, 0.6) is 0 Å². The van der Waals surface area contributed by atoms with Crippen molar-refractivity contribution in [2.24, 2.45) is 0 Å². The van der Waals surface area contributed by atoms with Crippen molar-refractivity contribution in [1.82, 2.24) is 4.90 Å². The van der Waals surface area contributed by atoms with Gasteiger partial charge in [-0.1, -0.05) is 26.3 Å². The lowest BCUT2D eigenvalue weighted by atomic mass is 10.1. The zero-order chi connectivity index (χ0) is 22.6. The minimum Gasteiger partial charge on any atom is -0.366 e. The topological polar surface area (TPSA) is 57.7 Å². The van der Waals surface area contributed by atoms with Crippen LogP contribution in [0.4, 0.5) is 10.1 Å². The summed E-state index contributed by atoms with van der Waals surface area (Å²) < 4.78 is 37.8. The van der Waals surface area contributed by atoms with E-state index in [-0.39, 0.29) is 10.8 Å². The molecule has 8 heteroatoms. The first-order valence-electron chi connectivity index (χ1n) is 10.5. The fourth-order valence-corrected chi connectivity index (χ4v) is 5.18. The molecule has 1 aliphatic heterocycles. The molecule has 0 atom stereocenters. The minimum absolute atomic E-state index is 0.0152. The number of nitrogens with zero attached hydrogens (tertiary/aromatic N) is 2. The molecule has 0 bridgehead atoms. The number of thioether (sulfide) groups is 1. The van der Waals surface area contributed by atoms with E-state index in [1.54, 1.807) is 11.8 Å². The Morgan fingerprint density at radius 3 is 2.35 bits per heavy atom. The average Bonchev–Trinajstić information content (AvgIpc) is 2.74. The molecular weight excluding hydrogens is 435 g/mol. The van der Waals surface area contributed by atoms with Crippen LogP contribution in [0.1, 0.15) is 36.2 Å². The Kier molecular flexibility index (Phi) is 7.64. The molecule has 0 saturated carbocycles. The van der Waals surface area contributed by atoms with Gasteiger partial charge in [0.15, 0.2) is 9.84 Å². The van der Waals surface area contributed by atoms with E-state index in [9.17, 15) is 17.6 Å². The number of sulfone groups is 1. The number of piperazine rings is 1. The van der Waals surface area contributed by atoms with Gasteiger partial charge in [0.25, 0.3) is 5.91 Å². The Labute approximate surface area is 188 Å². The maximum absolute atomic E-state index is 14.6. The van der Waals surface area contributed by atoms with Gasteiger partial charge in [-0.05, 0) is 48.1 Å². The van der Waals surface area contributed by atoms with Crippen LogP contribution in [0.25, 0.3) is 0 Å². The van der Waals surface area contributed by atoms with Gasteiger partial charge in [-0.2, -0.15) is 0 Å². The Morgan fingerprint density at radius 2 is 1.77 bits per heavy atom. The molecule has 1 saturated heterocycles. The standard InChI is InChI=1S/C23H29FN2O3S2/c1-4-6-17-7-10-22(30-5-2)19(15-17)23(27)26-13-11-25(12-14-26)21-9-8-18(16-20(21)24)31(3,28)29/h7-10,15-16H,4-6,11-14H2,1-3H3. The van der Waals surface area contributed by atoms with Crippen LogP contribution in [0.2, 0.25) is 0 Å². The lowest BCUT2D eigenvalue weighted by Crippen LogP contribution is -2.49. The summed E-state index contributed by atoms with van der Waals surface area (Å²) in [5, 5.41) is 0. The summed E-state index contributed by atoms with van der Waals surface area (Å²) >= 11 is 1.67. The predicted octanol–water partition coefficient (Wildman–Crippen LogP) is 4.26. The monoisotopic (exact) mass is 464 g/mol. The van der Waals surface area contributed by atoms with Crippen molar-refractivity contribution in [1.29, 1.82) is 0 Å². The first kappa shape index (κ1) is 23.6. The van der Waals surface area contributed by atoms with E-state index in [4.69, 9.17) is 0 Å². The lowest BCUT2D eigenvalue weighted by molar-refractivity contribution is 0.0743. The summed E-state index contributed by atoms with van der Waals surface area (Å²) in [5.74, 6) is 0.349. The molecule has 1 heterocycles. The van der Waals surface area contributed by atoms with Gasteiger partial charge in [-0.25, -0.2) is 12.8 Å². The average molecular weight is 465 g/mol. The van der Waals surface area contributed by atoms with E-state index in [0.717, 1.165) is 46.9 Å². The highest BCUT2D eigenvalue weighted by Crippen LogP contribution is 2.28. The second-order valence-electron chi connectivity index (χ2n) is 7.68. The number of carbonyl (C=O) groups is 1. The van der Waals surface area contributed by atoms with Gasteiger partial charge < -0.3 is 9.80 Å². The molecule has 2 aromatic rings. The van der Waals surface area contributed by atoms with Gasteiger partial charge in [-0.3, -0.25) is 4.79 Å². The summed E-state index contributed by atoms with van der Waals surface area (Å²) in [6, 6.07) is 10.2. The van der Waals surface area contributed by atoms with Crippen LogP contribution in [0.3, 0.4) is 0 Å². The smallest absolute Gasteiger partial charge is 0.255 e. The van der Waals surface area contributed by atoms with Gasteiger partial charge >= 0.3 is 0 Å². The Bertz CT molecular complexity index is 1050. The van der Waals surface area contributed by atoms with Crippen LogP contribution in [0.15, 0.2) is 46.2 Å². The van der Waals surface area contributed by atoms with Crippen LogP contribution in [-0.2, 0) is 16.3 Å². The number of halogens is 1. The second-order valence-corrected chi connectivity index (χ2v) is 11.0. The highest BCUT2D eigenvalue weighted by molar-refractivity contribution is 7.99. The number of hydrogen-bond donors (Lipinski definition) is 0. The van der Waals surface area contributed by atoms with Gasteiger partial charge in [-0.15, -0.1) is 11.8 Å². The van der Waals surface area contributed by atoms with Crippen molar-refractivity contribution in [3.63, 3.8) is 0 Å². The maximum Gasteiger partial charge on any atom is 0.255 e. The molecule has 0 N–H and O–H groups in total. The number of carbonyl (C=O) groups excluding carboxylic acids is 1. The first-order valence-corrected chi connectivity index (χ1v) is 13.4. The third-order valence-corrected chi connectivity index (χ3v) is 7.43. The second kappa shape index (κ2) is 10.0. The van der Waals surface area contributed by atoms with Crippen molar-refractivity contribution in [3.8, 4) is 0 Å². The molecule has 0 spiro atoms. The highest BCUT2D eigenvalue weighted by Gasteiger charge is 2.26. The lowest BCUT2D eigenvalue weighted by Gasteiger charge is -2.36. The number of benzene rings is 2. The molecule has 0 aromatic heterocycles. The normalized spacial score (nSPS) is 14.7. The number of hydrogen-bond acceptors (Lipinski definition) is 5. The first-order chi connectivity index (χ1) is 14.7. The molecule has 2 aromatic carbocycles. The van der Waals surface area contributed by atoms with Crippen LogP contribution in [0, 0.1) is 5.82 Å². The van der Waals surface area contributed by atoms with Crippen LogP contribution >= 0.6 is 11.8 Å².